The molecule has 164 valence electrons. The van der Waals surface area contributed by atoms with Crippen LogP contribution in [0.15, 0.2) is 24.3 Å². The fourth-order valence-corrected chi connectivity index (χ4v) is 6.56. The van der Waals surface area contributed by atoms with E-state index in [2.05, 4.69) is 26.1 Å². The van der Waals surface area contributed by atoms with Crippen LogP contribution in [-0.4, -0.2) is 31.1 Å². The van der Waals surface area contributed by atoms with Crippen LogP contribution in [0.3, 0.4) is 0 Å². The Morgan fingerprint density at radius 1 is 1.00 bits per heavy atom. The van der Waals surface area contributed by atoms with E-state index in [1.54, 1.807) is 0 Å². The molecule has 1 atom stereocenters. The summed E-state index contributed by atoms with van der Waals surface area (Å²) in [6.45, 7) is 5.86. The minimum absolute atomic E-state index is 0.131. The lowest BCUT2D eigenvalue weighted by atomic mass is 9.48. The van der Waals surface area contributed by atoms with Crippen molar-refractivity contribution in [1.82, 2.24) is 5.32 Å². The average Bonchev–Trinajstić information content (AvgIpc) is 2.70. The molecule has 0 unspecified atom stereocenters. The largest absolute Gasteiger partial charge is 0.482 e. The number of esters is 1. The number of carbonyl (C=O) groups excluding carboxylic acids is 2. The molecule has 1 aromatic carbocycles. The number of benzene rings is 1. The lowest BCUT2D eigenvalue weighted by Gasteiger charge is -2.59. The maximum atomic E-state index is 12.4. The summed E-state index contributed by atoms with van der Waals surface area (Å²) in [4.78, 5) is 24.5. The summed E-state index contributed by atoms with van der Waals surface area (Å²) in [6, 6.07) is 7.81. The second kappa shape index (κ2) is 8.60. The van der Waals surface area contributed by atoms with Crippen molar-refractivity contribution in [3.05, 3.63) is 29.8 Å². The Kier molecular flexibility index (Phi) is 6.08. The molecule has 30 heavy (non-hydrogen) atoms. The fourth-order valence-electron chi connectivity index (χ4n) is 6.56. The van der Waals surface area contributed by atoms with E-state index < -0.39 is 5.97 Å². The summed E-state index contributed by atoms with van der Waals surface area (Å²) < 4.78 is 10.8. The molecule has 5 heteroatoms. The highest BCUT2D eigenvalue weighted by Gasteiger charge is 2.53. The zero-order chi connectivity index (χ0) is 21.3. The number of para-hydroxylation sites is 1. The molecule has 5 rings (SSSR count). The van der Waals surface area contributed by atoms with Gasteiger partial charge in [0.25, 0.3) is 5.91 Å². The number of amides is 1. The molecule has 4 saturated carbocycles. The van der Waals surface area contributed by atoms with E-state index in [1.807, 2.05) is 24.3 Å². The third kappa shape index (κ3) is 4.50. The first-order valence-corrected chi connectivity index (χ1v) is 11.5. The lowest BCUT2D eigenvalue weighted by Crippen LogP contribution is -2.56. The van der Waals surface area contributed by atoms with Gasteiger partial charge in [-0.1, -0.05) is 32.0 Å². The predicted octanol–water partition coefficient (Wildman–Crippen LogP) is 4.45. The number of hydrogen-bond acceptors (Lipinski definition) is 4. The lowest BCUT2D eigenvalue weighted by molar-refractivity contribution is -0.151. The minimum atomic E-state index is -0.522. The predicted molar refractivity (Wildman–Crippen MR) is 115 cm³/mol. The van der Waals surface area contributed by atoms with Gasteiger partial charge in [-0.2, -0.15) is 0 Å². The molecule has 0 heterocycles. The van der Waals surface area contributed by atoms with Crippen molar-refractivity contribution in [2.45, 2.75) is 71.3 Å². The molecule has 0 aromatic heterocycles. The van der Waals surface area contributed by atoms with E-state index >= 15 is 0 Å². The first-order valence-electron chi connectivity index (χ1n) is 11.5. The van der Waals surface area contributed by atoms with Gasteiger partial charge in [0.05, 0.1) is 0 Å². The van der Waals surface area contributed by atoms with Crippen molar-refractivity contribution < 1.29 is 19.1 Å². The molecule has 0 aliphatic heterocycles. The molecule has 1 N–H and O–H groups in total. The van der Waals surface area contributed by atoms with Crippen molar-refractivity contribution in [3.63, 3.8) is 0 Å². The Balaban J connectivity index is 1.23. The van der Waals surface area contributed by atoms with Crippen molar-refractivity contribution in [1.29, 1.82) is 0 Å². The molecule has 4 bridgehead atoms. The maximum absolute atomic E-state index is 12.4. The maximum Gasteiger partial charge on any atom is 0.344 e. The summed E-state index contributed by atoms with van der Waals surface area (Å²) in [7, 11) is 0. The monoisotopic (exact) mass is 413 g/mol. The van der Waals surface area contributed by atoms with Crippen LogP contribution in [0, 0.1) is 23.2 Å². The summed E-state index contributed by atoms with van der Waals surface area (Å²) in [5, 5.41) is 3.13. The Morgan fingerprint density at radius 2 is 1.60 bits per heavy atom. The Morgan fingerprint density at radius 3 is 2.20 bits per heavy atom. The normalized spacial score (nSPS) is 30.2. The molecule has 4 aliphatic carbocycles. The van der Waals surface area contributed by atoms with Crippen molar-refractivity contribution >= 4 is 11.9 Å². The van der Waals surface area contributed by atoms with Crippen molar-refractivity contribution in [3.8, 4) is 5.75 Å². The van der Waals surface area contributed by atoms with E-state index in [0.29, 0.717) is 11.7 Å². The first kappa shape index (κ1) is 21.2. The molecule has 1 aromatic rings. The van der Waals surface area contributed by atoms with E-state index in [4.69, 9.17) is 9.47 Å². The summed E-state index contributed by atoms with van der Waals surface area (Å²) in [5.41, 5.74) is 1.30. The van der Waals surface area contributed by atoms with Crippen molar-refractivity contribution in [2.75, 3.05) is 13.2 Å². The van der Waals surface area contributed by atoms with Gasteiger partial charge in [0.1, 0.15) is 5.75 Å². The van der Waals surface area contributed by atoms with Crippen LogP contribution in [0.2, 0.25) is 0 Å². The summed E-state index contributed by atoms with van der Waals surface area (Å²) in [5.74, 6) is 2.79. The van der Waals surface area contributed by atoms with E-state index in [9.17, 15) is 9.59 Å². The quantitative estimate of drug-likeness (QED) is 0.640. The standard InChI is InChI=1S/C25H35NO4/c1-16(2)21-6-4-5-7-22(21)29-15-24(28)30-14-23(27)26-17(3)25-11-18-8-19(12-25)10-20(9-18)13-25/h4-7,16-20H,8-15H2,1-3H3,(H,26,27)/t17-,18?,19?,20?,25?/m0/s1. The second-order valence-corrected chi connectivity index (χ2v) is 10.2. The fraction of sp³-hybridized carbons (Fsp3) is 0.680. The summed E-state index contributed by atoms with van der Waals surface area (Å²) in [6.07, 6.45) is 7.88. The molecule has 1 amide bonds. The second-order valence-electron chi connectivity index (χ2n) is 10.2. The van der Waals surface area contributed by atoms with Gasteiger partial charge in [-0.15, -0.1) is 0 Å². The van der Waals surface area contributed by atoms with Crippen LogP contribution in [0.25, 0.3) is 0 Å². The zero-order valence-corrected chi connectivity index (χ0v) is 18.5. The Labute approximate surface area is 179 Å². The smallest absolute Gasteiger partial charge is 0.344 e. The van der Waals surface area contributed by atoms with Gasteiger partial charge in [-0.3, -0.25) is 4.79 Å². The molecule has 0 spiro atoms. The van der Waals surface area contributed by atoms with Crippen LogP contribution < -0.4 is 10.1 Å². The Hall–Kier alpha value is -2.04. The highest BCUT2D eigenvalue weighted by atomic mass is 16.6. The van der Waals surface area contributed by atoms with E-state index in [1.165, 1.54) is 38.5 Å². The number of hydrogen-bond donors (Lipinski definition) is 1. The highest BCUT2D eigenvalue weighted by molar-refractivity contribution is 5.81. The third-order valence-corrected chi connectivity index (χ3v) is 7.63. The van der Waals surface area contributed by atoms with Crippen LogP contribution in [0.4, 0.5) is 0 Å². The van der Waals surface area contributed by atoms with Gasteiger partial charge in [-0.05, 0) is 86.2 Å². The van der Waals surface area contributed by atoms with Gasteiger partial charge in [0.15, 0.2) is 13.2 Å². The molecular formula is C25H35NO4. The average molecular weight is 414 g/mol. The van der Waals surface area contributed by atoms with Gasteiger partial charge < -0.3 is 14.8 Å². The molecule has 5 nitrogen and oxygen atoms in total. The van der Waals surface area contributed by atoms with Gasteiger partial charge >= 0.3 is 5.97 Å². The van der Waals surface area contributed by atoms with Gasteiger partial charge in [-0.25, -0.2) is 4.79 Å². The van der Waals surface area contributed by atoms with E-state index in [0.717, 1.165) is 23.3 Å². The van der Waals surface area contributed by atoms with Crippen LogP contribution in [0.1, 0.15) is 70.8 Å². The highest BCUT2D eigenvalue weighted by Crippen LogP contribution is 2.61. The first-order chi connectivity index (χ1) is 14.3. The van der Waals surface area contributed by atoms with Crippen molar-refractivity contribution in [2.24, 2.45) is 23.2 Å². The number of nitrogens with one attached hydrogen (secondary N) is 1. The number of ether oxygens (including phenoxy) is 2. The Bertz CT molecular complexity index is 752. The topological polar surface area (TPSA) is 64.6 Å². The van der Waals surface area contributed by atoms with Crippen LogP contribution in [0.5, 0.6) is 5.75 Å². The summed E-state index contributed by atoms with van der Waals surface area (Å²) >= 11 is 0. The number of carbonyl (C=O) groups is 2. The zero-order valence-electron chi connectivity index (χ0n) is 18.5. The number of rotatable bonds is 8. The minimum Gasteiger partial charge on any atom is -0.482 e. The molecule has 0 radical (unpaired) electrons. The third-order valence-electron chi connectivity index (χ3n) is 7.63. The molecule has 4 fully saturated rings. The molecule has 4 aliphatic rings. The molecule has 0 saturated heterocycles. The van der Waals surface area contributed by atoms with E-state index in [-0.39, 0.29) is 30.6 Å². The van der Waals surface area contributed by atoms with Gasteiger partial charge in [0, 0.05) is 6.04 Å². The SMILES string of the molecule is CC(C)c1ccccc1OCC(=O)OCC(=O)N[C@@H](C)C12CC3CC(CC(C3)C1)C2. The van der Waals surface area contributed by atoms with Gasteiger partial charge in [0.2, 0.25) is 0 Å². The van der Waals surface area contributed by atoms with Crippen LogP contribution >= 0.6 is 0 Å². The van der Waals surface area contributed by atoms with Crippen LogP contribution in [-0.2, 0) is 14.3 Å². The molecular weight excluding hydrogens is 378 g/mol.